The van der Waals surface area contributed by atoms with Gasteiger partial charge in [-0.1, -0.05) is 24.3 Å². The normalized spacial score (nSPS) is 10.9. The van der Waals surface area contributed by atoms with E-state index in [-0.39, 0.29) is 28.4 Å². The van der Waals surface area contributed by atoms with E-state index >= 15 is 0 Å². The summed E-state index contributed by atoms with van der Waals surface area (Å²) < 4.78 is 18.4. The first-order valence-corrected chi connectivity index (χ1v) is 10.4. The number of hydrogen-bond donors (Lipinski definition) is 1. The number of nitro benzene ring substituents is 1. The highest BCUT2D eigenvalue weighted by atomic mass is 32.1. The van der Waals surface area contributed by atoms with Crippen LogP contribution in [0.4, 0.5) is 15.1 Å². The number of benzene rings is 2. The van der Waals surface area contributed by atoms with Gasteiger partial charge in [0.2, 0.25) is 0 Å². The summed E-state index contributed by atoms with van der Waals surface area (Å²) in [6, 6.07) is 12.7. The van der Waals surface area contributed by atoms with E-state index in [0.29, 0.717) is 16.7 Å². The third-order valence-electron chi connectivity index (χ3n) is 4.41. The first-order chi connectivity index (χ1) is 15.8. The third-order valence-corrected chi connectivity index (χ3v) is 5.31. The first-order valence-electron chi connectivity index (χ1n) is 9.56. The van der Waals surface area contributed by atoms with Gasteiger partial charge in [0.05, 0.1) is 11.5 Å². The number of hydrogen-bond acceptors (Lipinski definition) is 7. The van der Waals surface area contributed by atoms with Crippen LogP contribution >= 0.6 is 11.3 Å². The zero-order valence-corrected chi connectivity index (χ0v) is 18.0. The molecular weight excluding hydrogens is 449 g/mol. The zero-order valence-electron chi connectivity index (χ0n) is 17.2. The van der Waals surface area contributed by atoms with Crippen LogP contribution in [0.5, 0.6) is 0 Å². The van der Waals surface area contributed by atoms with E-state index in [1.807, 2.05) is 0 Å². The molecule has 3 aromatic rings. The zero-order chi connectivity index (χ0) is 24.0. The van der Waals surface area contributed by atoms with Crippen LogP contribution in [-0.2, 0) is 9.53 Å². The lowest BCUT2D eigenvalue weighted by Crippen LogP contribution is -2.16. The molecule has 33 heavy (non-hydrogen) atoms. The van der Waals surface area contributed by atoms with Gasteiger partial charge in [-0.15, -0.1) is 11.3 Å². The van der Waals surface area contributed by atoms with Crippen molar-refractivity contribution in [2.75, 3.05) is 11.9 Å². The van der Waals surface area contributed by atoms with Gasteiger partial charge >= 0.3 is 5.97 Å². The second-order valence-electron chi connectivity index (χ2n) is 6.56. The van der Waals surface area contributed by atoms with E-state index in [1.54, 1.807) is 18.4 Å². The molecule has 0 unspecified atom stereocenters. The van der Waals surface area contributed by atoms with Gasteiger partial charge in [0.25, 0.3) is 11.6 Å². The number of nitro groups is 1. The number of halogens is 1. The Kier molecular flexibility index (Phi) is 7.27. The minimum Gasteiger partial charge on any atom is -0.462 e. The monoisotopic (exact) mass is 465 g/mol. The average Bonchev–Trinajstić information content (AvgIpc) is 3.21. The number of thiophene rings is 1. The summed E-state index contributed by atoms with van der Waals surface area (Å²) in [6.45, 7) is 1.73. The Hall–Kier alpha value is -4.36. The summed E-state index contributed by atoms with van der Waals surface area (Å²) in [7, 11) is 0. The molecule has 10 heteroatoms. The minimum atomic E-state index is -0.804. The Morgan fingerprint density at radius 3 is 2.64 bits per heavy atom. The molecule has 1 N–H and O–H groups in total. The number of rotatable bonds is 7. The van der Waals surface area contributed by atoms with Crippen LogP contribution in [0.25, 0.3) is 17.2 Å². The summed E-state index contributed by atoms with van der Waals surface area (Å²) in [4.78, 5) is 35.7. The fraction of sp³-hybridized carbons (Fsp3) is 0.0870. The fourth-order valence-corrected chi connectivity index (χ4v) is 3.86. The molecule has 1 aromatic heterocycles. The van der Waals surface area contributed by atoms with Gasteiger partial charge in [-0.25, -0.2) is 9.18 Å². The molecule has 8 nitrogen and oxygen atoms in total. The maximum atomic E-state index is 13.3. The molecule has 3 rings (SSSR count). The molecule has 0 saturated heterocycles. The van der Waals surface area contributed by atoms with Crippen LogP contribution in [-0.4, -0.2) is 23.4 Å². The van der Waals surface area contributed by atoms with Crippen molar-refractivity contribution in [3.05, 3.63) is 86.5 Å². The van der Waals surface area contributed by atoms with Crippen molar-refractivity contribution in [1.82, 2.24) is 0 Å². The number of nitrogens with one attached hydrogen (secondary N) is 1. The maximum absolute atomic E-state index is 13.3. The highest BCUT2D eigenvalue weighted by molar-refractivity contribution is 7.15. The SMILES string of the molecule is CCOC(=O)c1c(-c2ccc(F)cc2)csc1NC(=O)/C(C#N)=C\c1cccc([N+](=O)[O-])c1. The predicted octanol–water partition coefficient (Wildman–Crippen LogP) is 5.18. The van der Waals surface area contributed by atoms with Crippen LogP contribution in [0.2, 0.25) is 0 Å². The standard InChI is InChI=1S/C23H16FN3O5S/c1-2-32-23(29)20-19(15-6-8-17(24)9-7-15)13-33-22(20)26-21(28)16(12-25)10-14-4-3-5-18(11-14)27(30)31/h3-11,13H,2H2,1H3,(H,26,28)/b16-10-. The van der Waals surface area contributed by atoms with Crippen LogP contribution < -0.4 is 5.32 Å². The Bertz CT molecular complexity index is 1290. The smallest absolute Gasteiger partial charge is 0.341 e. The van der Waals surface area contributed by atoms with E-state index in [2.05, 4.69) is 5.32 Å². The van der Waals surface area contributed by atoms with Crippen LogP contribution in [0.1, 0.15) is 22.8 Å². The number of nitriles is 1. The molecule has 166 valence electrons. The number of carbonyl (C=O) groups is 2. The van der Waals surface area contributed by atoms with Crippen LogP contribution in [0.3, 0.4) is 0 Å². The Labute approximate surface area is 191 Å². The van der Waals surface area contributed by atoms with Gasteiger partial charge in [0.1, 0.15) is 28.0 Å². The third kappa shape index (κ3) is 5.47. The molecule has 0 aliphatic carbocycles. The molecule has 0 atom stereocenters. The molecule has 2 aromatic carbocycles. The molecule has 0 fully saturated rings. The highest BCUT2D eigenvalue weighted by Crippen LogP contribution is 2.36. The van der Waals surface area contributed by atoms with Gasteiger partial charge in [-0.05, 0) is 36.3 Å². The predicted molar refractivity (Wildman–Crippen MR) is 121 cm³/mol. The topological polar surface area (TPSA) is 122 Å². The number of nitrogens with zero attached hydrogens (tertiary/aromatic N) is 2. The van der Waals surface area contributed by atoms with Crippen molar-refractivity contribution in [3.8, 4) is 17.2 Å². The average molecular weight is 465 g/mol. The van der Waals surface area contributed by atoms with E-state index in [4.69, 9.17) is 4.74 Å². The van der Waals surface area contributed by atoms with Crippen molar-refractivity contribution in [2.45, 2.75) is 6.92 Å². The number of non-ortho nitro benzene ring substituents is 1. The van der Waals surface area contributed by atoms with Gasteiger partial charge < -0.3 is 10.1 Å². The summed E-state index contributed by atoms with van der Waals surface area (Å²) in [5, 5.41) is 24.7. The molecule has 0 spiro atoms. The van der Waals surface area contributed by atoms with E-state index in [1.165, 1.54) is 54.6 Å². The molecular formula is C23H16FN3O5S. The number of anilines is 1. The lowest BCUT2D eigenvalue weighted by atomic mass is 10.0. The van der Waals surface area contributed by atoms with Crippen molar-refractivity contribution < 1.29 is 23.6 Å². The number of carbonyl (C=O) groups excluding carboxylic acids is 2. The number of ether oxygens (including phenoxy) is 1. The molecule has 0 aliphatic rings. The van der Waals surface area contributed by atoms with Gasteiger partial charge in [0.15, 0.2) is 0 Å². The van der Waals surface area contributed by atoms with E-state index in [0.717, 1.165) is 11.3 Å². The Morgan fingerprint density at radius 2 is 2.00 bits per heavy atom. The van der Waals surface area contributed by atoms with Gasteiger partial charge in [-0.3, -0.25) is 14.9 Å². The minimum absolute atomic E-state index is 0.0782. The second-order valence-corrected chi connectivity index (χ2v) is 7.44. The summed E-state index contributed by atoms with van der Waals surface area (Å²) in [5.74, 6) is -1.93. The van der Waals surface area contributed by atoms with Crippen molar-refractivity contribution in [2.24, 2.45) is 0 Å². The van der Waals surface area contributed by atoms with E-state index in [9.17, 15) is 29.4 Å². The number of amides is 1. The first kappa shape index (κ1) is 23.3. The Balaban J connectivity index is 1.96. The fourth-order valence-electron chi connectivity index (χ4n) is 2.91. The van der Waals surface area contributed by atoms with Gasteiger partial charge in [0, 0.05) is 23.1 Å². The van der Waals surface area contributed by atoms with Crippen molar-refractivity contribution in [1.29, 1.82) is 5.26 Å². The summed E-state index contributed by atoms with van der Waals surface area (Å²) >= 11 is 1.05. The molecule has 0 saturated carbocycles. The molecule has 0 bridgehead atoms. The van der Waals surface area contributed by atoms with Crippen LogP contribution in [0.15, 0.2) is 59.5 Å². The lowest BCUT2D eigenvalue weighted by molar-refractivity contribution is -0.384. The molecule has 1 heterocycles. The largest absolute Gasteiger partial charge is 0.462 e. The number of esters is 1. The van der Waals surface area contributed by atoms with E-state index < -0.39 is 22.6 Å². The van der Waals surface area contributed by atoms with Crippen molar-refractivity contribution >= 4 is 40.0 Å². The van der Waals surface area contributed by atoms with Crippen LogP contribution in [0, 0.1) is 27.3 Å². The lowest BCUT2D eigenvalue weighted by Gasteiger charge is -2.08. The Morgan fingerprint density at radius 1 is 1.27 bits per heavy atom. The molecule has 0 aliphatic heterocycles. The maximum Gasteiger partial charge on any atom is 0.341 e. The summed E-state index contributed by atoms with van der Waals surface area (Å²) in [5.41, 5.74) is 0.850. The summed E-state index contributed by atoms with van der Waals surface area (Å²) in [6.07, 6.45) is 1.21. The van der Waals surface area contributed by atoms with Gasteiger partial charge in [-0.2, -0.15) is 5.26 Å². The van der Waals surface area contributed by atoms with Crippen molar-refractivity contribution in [3.63, 3.8) is 0 Å². The molecule has 1 amide bonds. The molecule has 0 radical (unpaired) electrons. The quantitative estimate of drug-likeness (QED) is 0.169. The second kappa shape index (κ2) is 10.3. The highest BCUT2D eigenvalue weighted by Gasteiger charge is 2.24.